The number of benzene rings is 1. The predicted octanol–water partition coefficient (Wildman–Crippen LogP) is 0.836. The molecule has 1 aromatic carbocycles. The molecule has 0 aliphatic carbocycles. The average Bonchev–Trinajstić information content (AvgIpc) is 2.81. The number of carbonyl (C=O) groups is 2. The van der Waals surface area contributed by atoms with E-state index < -0.39 is 5.97 Å². The van der Waals surface area contributed by atoms with Crippen LogP contribution in [0.15, 0.2) is 18.2 Å². The van der Waals surface area contributed by atoms with Crippen molar-refractivity contribution in [3.05, 3.63) is 34.9 Å². The molecule has 96 valence electrons. The second-order valence-electron chi connectivity index (χ2n) is 4.46. The zero-order valence-electron chi connectivity index (χ0n) is 10.3. The maximum absolute atomic E-state index is 12.1. The van der Waals surface area contributed by atoms with Gasteiger partial charge in [-0.2, -0.15) is 0 Å². The normalized spacial score (nSPS) is 13.2. The highest BCUT2D eigenvalue weighted by Gasteiger charge is 2.16. The van der Waals surface area contributed by atoms with Crippen molar-refractivity contribution in [2.75, 3.05) is 13.6 Å². The van der Waals surface area contributed by atoms with Gasteiger partial charge in [0.05, 0.1) is 6.42 Å². The first-order valence-electron chi connectivity index (χ1n) is 5.87. The number of carboxylic acid groups (broad SMARTS) is 1. The monoisotopic (exact) mass is 248 g/mol. The Balaban J connectivity index is 2.06. The maximum Gasteiger partial charge on any atom is 0.305 e. The first kappa shape index (κ1) is 12.6. The summed E-state index contributed by atoms with van der Waals surface area (Å²) < 4.78 is 0. The van der Waals surface area contributed by atoms with E-state index in [-0.39, 0.29) is 18.9 Å². The van der Waals surface area contributed by atoms with E-state index in [0.717, 1.165) is 18.7 Å². The van der Waals surface area contributed by atoms with Crippen molar-refractivity contribution in [2.45, 2.75) is 19.5 Å². The molecule has 0 saturated heterocycles. The van der Waals surface area contributed by atoms with Crippen molar-refractivity contribution in [1.29, 1.82) is 0 Å². The molecule has 0 fully saturated rings. The van der Waals surface area contributed by atoms with Crippen LogP contribution in [0.3, 0.4) is 0 Å². The van der Waals surface area contributed by atoms with E-state index in [2.05, 4.69) is 5.32 Å². The second kappa shape index (κ2) is 5.18. The Labute approximate surface area is 105 Å². The van der Waals surface area contributed by atoms with Gasteiger partial charge in [-0.3, -0.25) is 9.59 Å². The van der Waals surface area contributed by atoms with E-state index >= 15 is 0 Å². The van der Waals surface area contributed by atoms with Gasteiger partial charge in [-0.15, -0.1) is 0 Å². The minimum atomic E-state index is -0.896. The Morgan fingerprint density at radius 2 is 2.06 bits per heavy atom. The van der Waals surface area contributed by atoms with E-state index in [9.17, 15) is 9.59 Å². The van der Waals surface area contributed by atoms with Gasteiger partial charge in [-0.25, -0.2) is 0 Å². The van der Waals surface area contributed by atoms with Crippen LogP contribution in [0.5, 0.6) is 0 Å². The number of fused-ring (bicyclic) bond motifs is 1. The average molecular weight is 248 g/mol. The molecule has 0 atom stereocenters. The van der Waals surface area contributed by atoms with Gasteiger partial charge in [0, 0.05) is 32.2 Å². The summed E-state index contributed by atoms with van der Waals surface area (Å²) in [6.45, 7) is 1.86. The molecule has 5 nitrogen and oxygen atoms in total. The highest BCUT2D eigenvalue weighted by molar-refractivity contribution is 5.94. The largest absolute Gasteiger partial charge is 0.481 e. The van der Waals surface area contributed by atoms with Crippen LogP contribution in [0, 0.1) is 0 Å². The number of amides is 1. The summed E-state index contributed by atoms with van der Waals surface area (Å²) in [6, 6.07) is 5.63. The number of carboxylic acids is 1. The SMILES string of the molecule is CN(CCC(=O)O)C(=O)c1ccc2c(c1)CNC2. The first-order chi connectivity index (χ1) is 8.58. The zero-order chi connectivity index (χ0) is 13.1. The molecule has 1 aliphatic heterocycles. The van der Waals surface area contributed by atoms with Gasteiger partial charge in [0.15, 0.2) is 0 Å². The molecule has 0 saturated carbocycles. The molecule has 1 aromatic rings. The van der Waals surface area contributed by atoms with E-state index in [1.54, 1.807) is 13.1 Å². The molecule has 5 heteroatoms. The molecule has 1 heterocycles. The van der Waals surface area contributed by atoms with Gasteiger partial charge in [-0.05, 0) is 23.3 Å². The summed E-state index contributed by atoms with van der Waals surface area (Å²) in [4.78, 5) is 24.0. The molecule has 0 bridgehead atoms. The fourth-order valence-corrected chi connectivity index (χ4v) is 2.01. The number of rotatable bonds is 4. The third-order valence-electron chi connectivity index (χ3n) is 3.09. The van der Waals surface area contributed by atoms with Crippen molar-refractivity contribution >= 4 is 11.9 Å². The molecule has 2 N–H and O–H groups in total. The van der Waals surface area contributed by atoms with Crippen LogP contribution in [-0.2, 0) is 17.9 Å². The Hall–Kier alpha value is -1.88. The van der Waals surface area contributed by atoms with Gasteiger partial charge in [0.25, 0.3) is 5.91 Å². The van der Waals surface area contributed by atoms with Gasteiger partial charge in [-0.1, -0.05) is 6.07 Å². The Bertz CT molecular complexity index is 485. The van der Waals surface area contributed by atoms with E-state index in [1.165, 1.54) is 10.5 Å². The smallest absolute Gasteiger partial charge is 0.305 e. The molecule has 18 heavy (non-hydrogen) atoms. The summed E-state index contributed by atoms with van der Waals surface area (Å²) in [5.74, 6) is -1.03. The molecule has 0 unspecified atom stereocenters. The van der Waals surface area contributed by atoms with Crippen LogP contribution in [0.4, 0.5) is 0 Å². The quantitative estimate of drug-likeness (QED) is 0.828. The van der Waals surface area contributed by atoms with Crippen LogP contribution in [0.1, 0.15) is 27.9 Å². The number of hydrogen-bond acceptors (Lipinski definition) is 3. The number of hydrogen-bond donors (Lipinski definition) is 2. The third kappa shape index (κ3) is 2.68. The van der Waals surface area contributed by atoms with Gasteiger partial charge in [0.1, 0.15) is 0 Å². The van der Waals surface area contributed by atoms with Crippen molar-refractivity contribution in [3.63, 3.8) is 0 Å². The molecule has 0 spiro atoms. The minimum Gasteiger partial charge on any atom is -0.481 e. The highest BCUT2D eigenvalue weighted by Crippen LogP contribution is 2.17. The molecule has 1 aliphatic rings. The molecule has 2 rings (SSSR count). The lowest BCUT2D eigenvalue weighted by molar-refractivity contribution is -0.137. The van der Waals surface area contributed by atoms with E-state index in [0.29, 0.717) is 5.56 Å². The van der Waals surface area contributed by atoms with Crippen LogP contribution < -0.4 is 5.32 Å². The van der Waals surface area contributed by atoms with Crippen molar-refractivity contribution < 1.29 is 14.7 Å². The first-order valence-corrected chi connectivity index (χ1v) is 5.87. The molecule has 1 amide bonds. The fourth-order valence-electron chi connectivity index (χ4n) is 2.01. The van der Waals surface area contributed by atoms with Crippen molar-refractivity contribution in [2.24, 2.45) is 0 Å². The predicted molar refractivity (Wildman–Crippen MR) is 66.2 cm³/mol. The van der Waals surface area contributed by atoms with Gasteiger partial charge < -0.3 is 15.3 Å². The summed E-state index contributed by atoms with van der Waals surface area (Å²) in [5, 5.41) is 11.8. The van der Waals surface area contributed by atoms with Gasteiger partial charge in [0.2, 0.25) is 0 Å². The number of carbonyl (C=O) groups excluding carboxylic acids is 1. The number of nitrogens with zero attached hydrogens (tertiary/aromatic N) is 1. The van der Waals surface area contributed by atoms with Crippen LogP contribution in [-0.4, -0.2) is 35.5 Å². The number of aliphatic carboxylic acids is 1. The van der Waals surface area contributed by atoms with Crippen LogP contribution in [0.2, 0.25) is 0 Å². The third-order valence-corrected chi connectivity index (χ3v) is 3.09. The summed E-state index contributed by atoms with van der Waals surface area (Å²) >= 11 is 0. The maximum atomic E-state index is 12.1. The van der Waals surface area contributed by atoms with Gasteiger partial charge >= 0.3 is 5.97 Å². The molecular formula is C13H16N2O3. The second-order valence-corrected chi connectivity index (χ2v) is 4.46. The standard InChI is InChI=1S/C13H16N2O3/c1-15(5-4-12(16)17)13(18)9-2-3-10-7-14-8-11(10)6-9/h2-3,6,14H,4-5,7-8H2,1H3,(H,16,17). The lowest BCUT2D eigenvalue weighted by Crippen LogP contribution is -2.29. The summed E-state index contributed by atoms with van der Waals surface area (Å²) in [6.07, 6.45) is -0.0330. The lowest BCUT2D eigenvalue weighted by Gasteiger charge is -2.16. The van der Waals surface area contributed by atoms with Crippen LogP contribution in [0.25, 0.3) is 0 Å². The highest BCUT2D eigenvalue weighted by atomic mass is 16.4. The van der Waals surface area contributed by atoms with E-state index in [1.807, 2.05) is 12.1 Å². The number of nitrogens with one attached hydrogen (secondary N) is 1. The lowest BCUT2D eigenvalue weighted by atomic mass is 10.1. The van der Waals surface area contributed by atoms with Crippen molar-refractivity contribution in [1.82, 2.24) is 10.2 Å². The summed E-state index contributed by atoms with van der Waals surface area (Å²) in [7, 11) is 1.62. The fraction of sp³-hybridized carbons (Fsp3) is 0.385. The van der Waals surface area contributed by atoms with Crippen LogP contribution >= 0.6 is 0 Å². The molecule has 0 radical (unpaired) electrons. The van der Waals surface area contributed by atoms with E-state index in [4.69, 9.17) is 5.11 Å². The summed E-state index contributed by atoms with van der Waals surface area (Å²) in [5.41, 5.74) is 2.98. The minimum absolute atomic E-state index is 0.0330. The zero-order valence-corrected chi connectivity index (χ0v) is 10.3. The molecule has 0 aromatic heterocycles. The Kier molecular flexibility index (Phi) is 3.62. The van der Waals surface area contributed by atoms with Crippen molar-refractivity contribution in [3.8, 4) is 0 Å². The Morgan fingerprint density at radius 3 is 2.78 bits per heavy atom. The topological polar surface area (TPSA) is 69.6 Å². The Morgan fingerprint density at radius 1 is 1.33 bits per heavy atom. The molecular weight excluding hydrogens is 232 g/mol.